The van der Waals surface area contributed by atoms with Crippen LogP contribution in [-0.4, -0.2) is 17.5 Å². The molecule has 0 spiro atoms. The average molecular weight is 385 g/mol. The van der Waals surface area contributed by atoms with E-state index in [1.807, 2.05) is 12.1 Å². The number of thiazole rings is 1. The number of carbonyl (C=O) groups is 1. The van der Waals surface area contributed by atoms with Crippen LogP contribution in [-0.2, 0) is 6.42 Å². The van der Waals surface area contributed by atoms with Crippen molar-refractivity contribution >= 4 is 22.4 Å². The fourth-order valence-corrected chi connectivity index (χ4v) is 3.17. The predicted octanol–water partition coefficient (Wildman–Crippen LogP) is 4.46. The molecule has 1 amide bonds. The Morgan fingerprint density at radius 1 is 1.26 bits per heavy atom. The molecule has 2 aromatic carbocycles. The number of anilines is 1. The average Bonchev–Trinajstić information content (AvgIpc) is 3.09. The monoisotopic (exact) mass is 385 g/mol. The topological polar surface area (TPSA) is 75.0 Å². The molecule has 0 unspecified atom stereocenters. The zero-order chi connectivity index (χ0) is 19.2. The largest absolute Gasteiger partial charge is 0.435 e. The number of amides is 1. The van der Waals surface area contributed by atoms with Crippen LogP contribution in [0.3, 0.4) is 0 Å². The third-order valence-electron chi connectivity index (χ3n) is 3.56. The van der Waals surface area contributed by atoms with Crippen molar-refractivity contribution in [2.75, 3.05) is 5.32 Å². The number of carbonyl (C=O) groups excluding carboxylic acids is 1. The highest BCUT2D eigenvalue weighted by molar-refractivity contribution is 7.15. The summed E-state index contributed by atoms with van der Waals surface area (Å²) in [6, 6.07) is 14.8. The number of aromatic nitrogens is 1. The van der Waals surface area contributed by atoms with Crippen molar-refractivity contribution in [3.63, 3.8) is 0 Å². The Balaban J connectivity index is 1.64. The molecule has 0 aliphatic rings. The van der Waals surface area contributed by atoms with Crippen LogP contribution < -0.4 is 10.1 Å². The number of rotatable bonds is 6. The molecule has 3 aromatic rings. The van der Waals surface area contributed by atoms with Crippen molar-refractivity contribution in [2.24, 2.45) is 0 Å². The first-order chi connectivity index (χ1) is 13.0. The highest BCUT2D eigenvalue weighted by Gasteiger charge is 2.12. The molecular formula is C19H13F2N3O2S. The molecule has 0 saturated carbocycles. The van der Waals surface area contributed by atoms with Gasteiger partial charge >= 0.3 is 6.61 Å². The molecule has 5 nitrogen and oxygen atoms in total. The number of halogens is 2. The number of benzene rings is 2. The fraction of sp³-hybridized carbons (Fsp3) is 0.105. The summed E-state index contributed by atoms with van der Waals surface area (Å²) >= 11 is 1.32. The number of alkyl halides is 2. The van der Waals surface area contributed by atoms with Crippen molar-refractivity contribution in [1.29, 1.82) is 5.26 Å². The Bertz CT molecular complexity index is 981. The van der Waals surface area contributed by atoms with Gasteiger partial charge in [0, 0.05) is 23.1 Å². The second-order valence-corrected chi connectivity index (χ2v) is 6.59. The Morgan fingerprint density at radius 3 is 2.74 bits per heavy atom. The molecule has 0 bridgehead atoms. The minimum Gasteiger partial charge on any atom is -0.435 e. The molecule has 1 N–H and O–H groups in total. The van der Waals surface area contributed by atoms with Crippen molar-refractivity contribution < 1.29 is 18.3 Å². The minimum absolute atomic E-state index is 0.0849. The van der Waals surface area contributed by atoms with E-state index in [0.717, 1.165) is 10.4 Å². The van der Waals surface area contributed by atoms with E-state index in [2.05, 4.69) is 21.1 Å². The van der Waals surface area contributed by atoms with Crippen LogP contribution in [0.15, 0.2) is 54.7 Å². The van der Waals surface area contributed by atoms with Gasteiger partial charge in [-0.05, 0) is 35.9 Å². The summed E-state index contributed by atoms with van der Waals surface area (Å²) in [6.07, 6.45) is 2.28. The van der Waals surface area contributed by atoms with Gasteiger partial charge in [0.2, 0.25) is 0 Å². The fourth-order valence-electron chi connectivity index (χ4n) is 2.33. The summed E-state index contributed by atoms with van der Waals surface area (Å²) in [5.74, 6) is -0.549. The molecule has 0 aliphatic carbocycles. The van der Waals surface area contributed by atoms with Gasteiger partial charge in [0.25, 0.3) is 5.91 Å². The number of hydrogen-bond donors (Lipinski definition) is 1. The molecule has 0 atom stereocenters. The maximum atomic E-state index is 12.3. The second kappa shape index (κ2) is 8.38. The van der Waals surface area contributed by atoms with Gasteiger partial charge in [0.05, 0.1) is 11.6 Å². The van der Waals surface area contributed by atoms with Crippen molar-refractivity contribution in [1.82, 2.24) is 4.98 Å². The molecule has 1 aromatic heterocycles. The number of nitrogens with one attached hydrogen (secondary N) is 1. The van der Waals surface area contributed by atoms with Gasteiger partial charge in [-0.2, -0.15) is 14.0 Å². The van der Waals surface area contributed by atoms with E-state index >= 15 is 0 Å². The van der Waals surface area contributed by atoms with Gasteiger partial charge in [-0.15, -0.1) is 11.3 Å². The van der Waals surface area contributed by atoms with E-state index in [1.54, 1.807) is 18.3 Å². The van der Waals surface area contributed by atoms with Gasteiger partial charge in [-0.25, -0.2) is 4.98 Å². The van der Waals surface area contributed by atoms with Gasteiger partial charge in [-0.1, -0.05) is 18.2 Å². The summed E-state index contributed by atoms with van der Waals surface area (Å²) in [5.41, 5.74) is 1.80. The molecule has 0 fully saturated rings. The summed E-state index contributed by atoms with van der Waals surface area (Å²) in [6.45, 7) is -2.95. The molecule has 27 heavy (non-hydrogen) atoms. The van der Waals surface area contributed by atoms with Crippen molar-refractivity contribution in [3.05, 3.63) is 76.3 Å². The van der Waals surface area contributed by atoms with E-state index in [1.165, 1.54) is 35.6 Å². The first kappa shape index (κ1) is 18.5. The zero-order valence-electron chi connectivity index (χ0n) is 13.9. The molecule has 1 heterocycles. The molecule has 8 heteroatoms. The first-order valence-electron chi connectivity index (χ1n) is 7.83. The molecule has 0 aliphatic heterocycles. The highest BCUT2D eigenvalue weighted by Crippen LogP contribution is 2.23. The third-order valence-corrected chi connectivity index (χ3v) is 4.47. The predicted molar refractivity (Wildman–Crippen MR) is 97.1 cm³/mol. The van der Waals surface area contributed by atoms with E-state index in [4.69, 9.17) is 5.26 Å². The smallest absolute Gasteiger partial charge is 0.387 e. The summed E-state index contributed by atoms with van der Waals surface area (Å²) in [7, 11) is 0. The standard InChI is InChI=1S/C19H13F2N3O2S/c20-18(21)26-15-3-1-2-14(9-15)17(25)24-19-23-11-16(27-19)8-12-4-6-13(10-22)7-5-12/h1-7,9,11,18H,8H2,(H,23,24,25). The first-order valence-corrected chi connectivity index (χ1v) is 8.65. The van der Waals surface area contributed by atoms with Crippen molar-refractivity contribution in [2.45, 2.75) is 13.0 Å². The summed E-state index contributed by atoms with van der Waals surface area (Å²) < 4.78 is 28.9. The molecular weight excluding hydrogens is 372 g/mol. The van der Waals surface area contributed by atoms with Gasteiger partial charge in [0.15, 0.2) is 5.13 Å². The highest BCUT2D eigenvalue weighted by atomic mass is 32.1. The van der Waals surface area contributed by atoms with Crippen LogP contribution in [0.1, 0.15) is 26.4 Å². The third kappa shape index (κ3) is 5.09. The number of nitriles is 1. The number of nitrogens with zero attached hydrogens (tertiary/aromatic N) is 2. The van der Waals surface area contributed by atoms with E-state index < -0.39 is 12.5 Å². The Hall–Kier alpha value is -3.31. The van der Waals surface area contributed by atoms with Gasteiger partial charge < -0.3 is 4.74 Å². The van der Waals surface area contributed by atoms with Crippen LogP contribution in [0.2, 0.25) is 0 Å². The Kier molecular flexibility index (Phi) is 5.74. The van der Waals surface area contributed by atoms with Crippen LogP contribution in [0, 0.1) is 11.3 Å². The molecule has 3 rings (SSSR count). The summed E-state index contributed by atoms with van der Waals surface area (Å²) in [5, 5.41) is 11.9. The molecule has 0 radical (unpaired) electrons. The lowest BCUT2D eigenvalue weighted by atomic mass is 10.1. The van der Waals surface area contributed by atoms with E-state index in [9.17, 15) is 13.6 Å². The Labute approximate surface area is 157 Å². The summed E-state index contributed by atoms with van der Waals surface area (Å²) in [4.78, 5) is 17.4. The van der Waals surface area contributed by atoms with Gasteiger partial charge in [0.1, 0.15) is 5.75 Å². The maximum Gasteiger partial charge on any atom is 0.387 e. The van der Waals surface area contributed by atoms with Crippen LogP contribution in [0.25, 0.3) is 0 Å². The normalized spacial score (nSPS) is 10.4. The minimum atomic E-state index is -2.95. The Morgan fingerprint density at radius 2 is 2.04 bits per heavy atom. The molecule has 0 saturated heterocycles. The SMILES string of the molecule is N#Cc1ccc(Cc2cnc(NC(=O)c3cccc(OC(F)F)c3)s2)cc1. The van der Waals surface area contributed by atoms with E-state index in [-0.39, 0.29) is 11.3 Å². The van der Waals surface area contributed by atoms with Gasteiger partial charge in [-0.3, -0.25) is 10.1 Å². The lowest BCUT2D eigenvalue weighted by Gasteiger charge is -2.06. The van der Waals surface area contributed by atoms with Crippen LogP contribution in [0.4, 0.5) is 13.9 Å². The van der Waals surface area contributed by atoms with Crippen molar-refractivity contribution in [3.8, 4) is 11.8 Å². The lowest BCUT2D eigenvalue weighted by molar-refractivity contribution is -0.0498. The lowest BCUT2D eigenvalue weighted by Crippen LogP contribution is -2.12. The van der Waals surface area contributed by atoms with Crippen LogP contribution >= 0.6 is 11.3 Å². The zero-order valence-corrected chi connectivity index (χ0v) is 14.7. The van der Waals surface area contributed by atoms with Crippen LogP contribution in [0.5, 0.6) is 5.75 Å². The number of ether oxygens (including phenoxy) is 1. The number of hydrogen-bond acceptors (Lipinski definition) is 5. The second-order valence-electron chi connectivity index (χ2n) is 5.48. The quantitative estimate of drug-likeness (QED) is 0.680. The van der Waals surface area contributed by atoms with E-state index in [0.29, 0.717) is 17.1 Å². The molecule has 136 valence electrons. The maximum absolute atomic E-state index is 12.3.